The molecule has 1 amide bonds. The Kier molecular flexibility index (Phi) is 6.31. The number of nitrogens with zero attached hydrogens (tertiary/aromatic N) is 1. The molecule has 1 fully saturated rings. The third kappa shape index (κ3) is 5.53. The molecule has 2 aromatic rings. The number of nitrogens with one attached hydrogen (secondary N) is 1. The fraction of sp³-hybridized carbons (Fsp3) is 0.350. The molecule has 0 unspecified atom stereocenters. The summed E-state index contributed by atoms with van der Waals surface area (Å²) in [4.78, 5) is 12.6. The molecule has 0 saturated carbocycles. The summed E-state index contributed by atoms with van der Waals surface area (Å²) in [6.07, 6.45) is 2.47. The van der Waals surface area contributed by atoms with Gasteiger partial charge in [0.25, 0.3) is 0 Å². The SMILES string of the molecule is CS(=O)(=O)N1CCC[C@@H](C(=O)Nc2cccc(OCc3ccc(F)cc3)c2)C1. The standard InChI is InChI=1S/C20H23FN2O4S/c1-28(25,26)23-11-3-4-16(13-23)20(24)22-18-5-2-6-19(12-18)27-14-15-7-9-17(21)10-8-15/h2,5-10,12,16H,3-4,11,13-14H2,1H3,(H,22,24)/t16-/m1/s1. The van der Waals surface area contributed by atoms with Crippen LogP contribution in [-0.4, -0.2) is 38.0 Å². The second kappa shape index (κ2) is 8.70. The predicted octanol–water partition coefficient (Wildman–Crippen LogP) is 3.01. The van der Waals surface area contributed by atoms with Crippen LogP contribution in [0.25, 0.3) is 0 Å². The Morgan fingerprint density at radius 1 is 1.25 bits per heavy atom. The minimum Gasteiger partial charge on any atom is -0.489 e. The van der Waals surface area contributed by atoms with Gasteiger partial charge in [0, 0.05) is 24.8 Å². The van der Waals surface area contributed by atoms with Crippen LogP contribution in [0.2, 0.25) is 0 Å². The zero-order chi connectivity index (χ0) is 20.1. The van der Waals surface area contributed by atoms with Gasteiger partial charge in [0.2, 0.25) is 15.9 Å². The lowest BCUT2D eigenvalue weighted by Gasteiger charge is -2.30. The number of benzene rings is 2. The number of hydrogen-bond donors (Lipinski definition) is 1. The molecule has 1 aliphatic rings. The third-order valence-electron chi connectivity index (χ3n) is 4.64. The van der Waals surface area contributed by atoms with Crippen molar-refractivity contribution in [3.63, 3.8) is 0 Å². The molecule has 3 rings (SSSR count). The summed E-state index contributed by atoms with van der Waals surface area (Å²) in [5.41, 5.74) is 1.41. The molecule has 2 aromatic carbocycles. The Hall–Kier alpha value is -2.45. The number of ether oxygens (including phenoxy) is 1. The van der Waals surface area contributed by atoms with Crippen molar-refractivity contribution in [3.05, 3.63) is 59.9 Å². The van der Waals surface area contributed by atoms with E-state index in [1.165, 1.54) is 16.4 Å². The maximum Gasteiger partial charge on any atom is 0.228 e. The molecule has 28 heavy (non-hydrogen) atoms. The van der Waals surface area contributed by atoms with Gasteiger partial charge in [-0.15, -0.1) is 0 Å². The first-order valence-electron chi connectivity index (χ1n) is 9.04. The number of piperidine rings is 1. The molecule has 150 valence electrons. The molecule has 0 bridgehead atoms. The number of carbonyl (C=O) groups is 1. The Morgan fingerprint density at radius 3 is 2.71 bits per heavy atom. The van der Waals surface area contributed by atoms with E-state index < -0.39 is 10.0 Å². The van der Waals surface area contributed by atoms with Gasteiger partial charge in [0.15, 0.2) is 0 Å². The van der Waals surface area contributed by atoms with E-state index in [0.29, 0.717) is 30.8 Å². The highest BCUT2D eigenvalue weighted by Gasteiger charge is 2.30. The fourth-order valence-electron chi connectivity index (χ4n) is 3.11. The van der Waals surface area contributed by atoms with E-state index in [1.54, 1.807) is 36.4 Å². The molecule has 8 heteroatoms. The van der Waals surface area contributed by atoms with Gasteiger partial charge in [-0.2, -0.15) is 0 Å². The third-order valence-corrected chi connectivity index (χ3v) is 5.91. The van der Waals surface area contributed by atoms with Gasteiger partial charge >= 0.3 is 0 Å². The van der Waals surface area contributed by atoms with Crippen LogP contribution in [0.1, 0.15) is 18.4 Å². The van der Waals surface area contributed by atoms with Crippen molar-refractivity contribution in [2.45, 2.75) is 19.4 Å². The normalized spacial score (nSPS) is 17.9. The van der Waals surface area contributed by atoms with Gasteiger partial charge in [0.1, 0.15) is 18.2 Å². The maximum atomic E-state index is 12.9. The largest absolute Gasteiger partial charge is 0.489 e. The van der Waals surface area contributed by atoms with E-state index in [2.05, 4.69) is 5.32 Å². The molecule has 1 atom stereocenters. The number of rotatable bonds is 6. The van der Waals surface area contributed by atoms with Gasteiger partial charge in [-0.25, -0.2) is 17.1 Å². The van der Waals surface area contributed by atoms with Crippen molar-refractivity contribution in [2.24, 2.45) is 5.92 Å². The average Bonchev–Trinajstić information content (AvgIpc) is 2.67. The van der Waals surface area contributed by atoms with E-state index in [1.807, 2.05) is 0 Å². The number of halogens is 1. The van der Waals surface area contributed by atoms with Crippen LogP contribution in [0.5, 0.6) is 5.75 Å². The van der Waals surface area contributed by atoms with Crippen LogP contribution in [0, 0.1) is 11.7 Å². The number of anilines is 1. The van der Waals surface area contributed by atoms with E-state index in [0.717, 1.165) is 11.8 Å². The first kappa shape index (κ1) is 20.3. The Balaban J connectivity index is 1.59. The average molecular weight is 406 g/mol. The summed E-state index contributed by atoms with van der Waals surface area (Å²) in [7, 11) is -3.30. The quantitative estimate of drug-likeness (QED) is 0.800. The summed E-state index contributed by atoms with van der Waals surface area (Å²) < 4.78 is 43.4. The van der Waals surface area contributed by atoms with E-state index in [9.17, 15) is 17.6 Å². The summed E-state index contributed by atoms with van der Waals surface area (Å²) in [6.45, 7) is 0.935. The zero-order valence-electron chi connectivity index (χ0n) is 15.6. The van der Waals surface area contributed by atoms with Crippen molar-refractivity contribution >= 4 is 21.6 Å². The lowest BCUT2D eigenvalue weighted by atomic mass is 9.98. The highest BCUT2D eigenvalue weighted by atomic mass is 32.2. The van der Waals surface area contributed by atoms with Crippen LogP contribution in [0.15, 0.2) is 48.5 Å². The summed E-state index contributed by atoms with van der Waals surface area (Å²) in [5, 5.41) is 2.84. The van der Waals surface area contributed by atoms with Gasteiger partial charge in [0.05, 0.1) is 12.2 Å². The van der Waals surface area contributed by atoms with Crippen molar-refractivity contribution in [2.75, 3.05) is 24.7 Å². The molecule has 1 heterocycles. The summed E-state index contributed by atoms with van der Waals surface area (Å²) in [6, 6.07) is 13.0. The molecule has 0 spiro atoms. The van der Waals surface area contributed by atoms with Crippen LogP contribution in [-0.2, 0) is 21.4 Å². The molecule has 6 nitrogen and oxygen atoms in total. The van der Waals surface area contributed by atoms with Gasteiger partial charge < -0.3 is 10.1 Å². The highest BCUT2D eigenvalue weighted by molar-refractivity contribution is 7.88. The minimum atomic E-state index is -3.30. The first-order valence-corrected chi connectivity index (χ1v) is 10.9. The highest BCUT2D eigenvalue weighted by Crippen LogP contribution is 2.23. The number of carbonyl (C=O) groups excluding carboxylic acids is 1. The van der Waals surface area contributed by atoms with Gasteiger partial charge in [-0.1, -0.05) is 18.2 Å². The Morgan fingerprint density at radius 2 is 2.00 bits per heavy atom. The monoisotopic (exact) mass is 406 g/mol. The molecule has 1 saturated heterocycles. The molecule has 0 aliphatic carbocycles. The first-order chi connectivity index (χ1) is 13.3. The zero-order valence-corrected chi connectivity index (χ0v) is 16.4. The fourth-order valence-corrected chi connectivity index (χ4v) is 4.02. The molecule has 1 N–H and O–H groups in total. The summed E-state index contributed by atoms with van der Waals surface area (Å²) in [5.74, 6) is -0.314. The van der Waals surface area contributed by atoms with Crippen LogP contribution in [0.3, 0.4) is 0 Å². The van der Waals surface area contributed by atoms with Crippen molar-refractivity contribution in [3.8, 4) is 5.75 Å². The van der Waals surface area contributed by atoms with Crippen LogP contribution < -0.4 is 10.1 Å². The molecule has 0 aromatic heterocycles. The van der Waals surface area contributed by atoms with E-state index in [-0.39, 0.29) is 30.8 Å². The Labute approximate surface area is 164 Å². The topological polar surface area (TPSA) is 75.7 Å². The lowest BCUT2D eigenvalue weighted by molar-refractivity contribution is -0.120. The smallest absolute Gasteiger partial charge is 0.228 e. The number of hydrogen-bond acceptors (Lipinski definition) is 4. The van der Waals surface area contributed by atoms with E-state index in [4.69, 9.17) is 4.74 Å². The summed E-state index contributed by atoms with van der Waals surface area (Å²) >= 11 is 0. The van der Waals surface area contributed by atoms with Crippen molar-refractivity contribution < 1.29 is 22.3 Å². The van der Waals surface area contributed by atoms with Crippen molar-refractivity contribution in [1.82, 2.24) is 4.31 Å². The molecular formula is C20H23FN2O4S. The van der Waals surface area contributed by atoms with Crippen LogP contribution in [0.4, 0.5) is 10.1 Å². The molecule has 0 radical (unpaired) electrons. The number of sulfonamides is 1. The second-order valence-electron chi connectivity index (χ2n) is 6.89. The van der Waals surface area contributed by atoms with E-state index >= 15 is 0 Å². The maximum absolute atomic E-state index is 12.9. The lowest BCUT2D eigenvalue weighted by Crippen LogP contribution is -2.43. The second-order valence-corrected chi connectivity index (χ2v) is 8.87. The van der Waals surface area contributed by atoms with Gasteiger partial charge in [-0.05, 0) is 42.7 Å². The van der Waals surface area contributed by atoms with Crippen LogP contribution >= 0.6 is 0 Å². The number of amides is 1. The Bertz CT molecular complexity index is 931. The molecule has 1 aliphatic heterocycles. The van der Waals surface area contributed by atoms with Gasteiger partial charge in [-0.3, -0.25) is 4.79 Å². The molecular weight excluding hydrogens is 383 g/mol. The minimum absolute atomic E-state index is 0.200. The van der Waals surface area contributed by atoms with Crippen molar-refractivity contribution in [1.29, 1.82) is 0 Å². The predicted molar refractivity (Wildman–Crippen MR) is 105 cm³/mol.